The highest BCUT2D eigenvalue weighted by molar-refractivity contribution is 5.84. The zero-order chi connectivity index (χ0) is 22.8. The van der Waals surface area contributed by atoms with Gasteiger partial charge in [0.2, 0.25) is 5.95 Å². The number of aliphatic hydroxyl groups is 1. The molecule has 0 aliphatic rings. The normalized spacial score (nSPS) is 13.0. The second kappa shape index (κ2) is 9.09. The monoisotopic (exact) mass is 426 g/mol. The minimum absolute atomic E-state index is 0.261. The van der Waals surface area contributed by atoms with E-state index in [0.717, 1.165) is 29.6 Å². The number of phenols is 1. The number of hydrogen-bond acceptors (Lipinski definition) is 7. The number of hydrogen-bond donors (Lipinski definition) is 4. The number of nitrogens with zero attached hydrogens (tertiary/aromatic N) is 4. The fourth-order valence-electron chi connectivity index (χ4n) is 3.47. The molecule has 0 spiro atoms. The van der Waals surface area contributed by atoms with Crippen LogP contribution in [0.2, 0.25) is 0 Å². The SMILES string of the molecule is CCC(CC)n1cnc2c(NCc3cccc(C)c3O)nc(NC(C)C(C)(C)O)nc21. The van der Waals surface area contributed by atoms with Gasteiger partial charge in [0.25, 0.3) is 0 Å². The third-order valence-electron chi connectivity index (χ3n) is 5.93. The highest BCUT2D eigenvalue weighted by atomic mass is 16.3. The van der Waals surface area contributed by atoms with E-state index >= 15 is 0 Å². The van der Waals surface area contributed by atoms with E-state index in [-0.39, 0.29) is 17.8 Å². The third-order valence-corrected chi connectivity index (χ3v) is 5.93. The molecule has 8 nitrogen and oxygen atoms in total. The maximum Gasteiger partial charge on any atom is 0.227 e. The van der Waals surface area contributed by atoms with Crippen molar-refractivity contribution in [3.8, 4) is 5.75 Å². The molecular formula is C23H34N6O2. The van der Waals surface area contributed by atoms with Crippen LogP contribution in [0, 0.1) is 6.92 Å². The molecule has 2 aromatic heterocycles. The van der Waals surface area contributed by atoms with E-state index in [1.165, 1.54) is 0 Å². The van der Waals surface area contributed by atoms with Crippen molar-refractivity contribution in [3.63, 3.8) is 0 Å². The lowest BCUT2D eigenvalue weighted by molar-refractivity contribution is 0.0646. The van der Waals surface area contributed by atoms with Crippen molar-refractivity contribution in [1.82, 2.24) is 19.5 Å². The average Bonchev–Trinajstić information content (AvgIpc) is 3.13. The second-order valence-corrected chi connectivity index (χ2v) is 8.65. The van der Waals surface area contributed by atoms with Crippen molar-refractivity contribution in [1.29, 1.82) is 0 Å². The van der Waals surface area contributed by atoms with Gasteiger partial charge in [-0.25, -0.2) is 4.98 Å². The van der Waals surface area contributed by atoms with E-state index in [1.807, 2.05) is 38.4 Å². The van der Waals surface area contributed by atoms with E-state index in [9.17, 15) is 10.2 Å². The number of aromatic nitrogens is 4. The maximum atomic E-state index is 10.4. The summed E-state index contributed by atoms with van der Waals surface area (Å²) in [6, 6.07) is 5.70. The summed E-state index contributed by atoms with van der Waals surface area (Å²) < 4.78 is 2.09. The Hall–Kier alpha value is -2.87. The van der Waals surface area contributed by atoms with Crippen LogP contribution in [0.1, 0.15) is 64.6 Å². The van der Waals surface area contributed by atoms with Gasteiger partial charge < -0.3 is 25.4 Å². The fraction of sp³-hybridized carbons (Fsp3) is 0.522. The Balaban J connectivity index is 2.02. The van der Waals surface area contributed by atoms with Gasteiger partial charge in [-0.1, -0.05) is 32.0 Å². The lowest BCUT2D eigenvalue weighted by Crippen LogP contribution is -2.39. The fourth-order valence-corrected chi connectivity index (χ4v) is 3.47. The molecule has 1 atom stereocenters. The van der Waals surface area contributed by atoms with Gasteiger partial charge in [-0.15, -0.1) is 0 Å². The first-order chi connectivity index (χ1) is 14.7. The minimum atomic E-state index is -0.936. The highest BCUT2D eigenvalue weighted by Gasteiger charge is 2.24. The Kier molecular flexibility index (Phi) is 6.69. The summed E-state index contributed by atoms with van der Waals surface area (Å²) in [5.74, 6) is 1.28. The first-order valence-electron chi connectivity index (χ1n) is 10.9. The number of benzene rings is 1. The number of fused-ring (bicyclic) bond motifs is 1. The van der Waals surface area contributed by atoms with Crippen LogP contribution in [0.5, 0.6) is 5.75 Å². The maximum absolute atomic E-state index is 10.4. The predicted molar refractivity (Wildman–Crippen MR) is 124 cm³/mol. The number of imidazole rings is 1. The molecule has 168 valence electrons. The number of phenolic OH excluding ortho intramolecular Hbond substituents is 1. The highest BCUT2D eigenvalue weighted by Crippen LogP contribution is 2.28. The lowest BCUT2D eigenvalue weighted by Gasteiger charge is -2.27. The molecule has 0 aliphatic heterocycles. The molecule has 1 unspecified atom stereocenters. The van der Waals surface area contributed by atoms with Crippen molar-refractivity contribution < 1.29 is 10.2 Å². The molecule has 0 bridgehead atoms. The molecule has 1 aromatic carbocycles. The van der Waals surface area contributed by atoms with E-state index < -0.39 is 5.60 Å². The molecule has 0 fully saturated rings. The summed E-state index contributed by atoms with van der Waals surface area (Å²) in [6.07, 6.45) is 3.75. The van der Waals surface area contributed by atoms with Crippen LogP contribution >= 0.6 is 0 Å². The standard InChI is InChI=1S/C23H34N6O2/c1-7-17(8-2)29-13-25-18-20(24-12-16-11-9-10-14(3)19(16)30)27-22(28-21(18)29)26-15(4)23(5,6)31/h9-11,13,15,17,30-31H,7-8,12H2,1-6H3,(H2,24,26,27,28). The zero-order valence-corrected chi connectivity index (χ0v) is 19.3. The summed E-state index contributed by atoms with van der Waals surface area (Å²) in [7, 11) is 0. The summed E-state index contributed by atoms with van der Waals surface area (Å²) in [6.45, 7) is 12.0. The van der Waals surface area contributed by atoms with E-state index in [2.05, 4.69) is 39.0 Å². The Morgan fingerprint density at radius 3 is 2.52 bits per heavy atom. The summed E-state index contributed by atoms with van der Waals surface area (Å²) in [5, 5.41) is 27.2. The molecule has 0 amide bonds. The molecule has 8 heteroatoms. The molecule has 2 heterocycles. The van der Waals surface area contributed by atoms with E-state index in [4.69, 9.17) is 4.98 Å². The first kappa shape index (κ1) is 22.8. The second-order valence-electron chi connectivity index (χ2n) is 8.65. The van der Waals surface area contributed by atoms with Crippen molar-refractivity contribution in [2.24, 2.45) is 0 Å². The van der Waals surface area contributed by atoms with Gasteiger partial charge in [0.05, 0.1) is 18.0 Å². The van der Waals surface area contributed by atoms with Gasteiger partial charge in [-0.3, -0.25) is 0 Å². The molecule has 4 N–H and O–H groups in total. The van der Waals surface area contributed by atoms with Crippen molar-refractivity contribution in [3.05, 3.63) is 35.7 Å². The van der Waals surface area contributed by atoms with Crippen LogP contribution in [0.4, 0.5) is 11.8 Å². The van der Waals surface area contributed by atoms with E-state index in [1.54, 1.807) is 13.8 Å². The summed E-state index contributed by atoms with van der Waals surface area (Å²) >= 11 is 0. The first-order valence-corrected chi connectivity index (χ1v) is 10.9. The van der Waals surface area contributed by atoms with Crippen molar-refractivity contribution in [2.75, 3.05) is 10.6 Å². The predicted octanol–water partition coefficient (Wildman–Crippen LogP) is 4.38. The third kappa shape index (κ3) is 4.90. The molecule has 31 heavy (non-hydrogen) atoms. The van der Waals surface area contributed by atoms with Crippen molar-refractivity contribution >= 4 is 22.9 Å². The van der Waals surface area contributed by atoms with Gasteiger partial charge in [0, 0.05) is 18.2 Å². The number of nitrogens with one attached hydrogen (secondary N) is 2. The molecule has 0 saturated carbocycles. The number of para-hydroxylation sites is 1. The van der Waals surface area contributed by atoms with Gasteiger partial charge in [0.1, 0.15) is 5.75 Å². The minimum Gasteiger partial charge on any atom is -0.507 e. The Morgan fingerprint density at radius 1 is 1.16 bits per heavy atom. The van der Waals surface area contributed by atoms with E-state index in [0.29, 0.717) is 23.8 Å². The number of anilines is 2. The molecule has 0 radical (unpaired) electrons. The molecule has 0 saturated heterocycles. The van der Waals surface area contributed by atoms with Crippen molar-refractivity contribution in [2.45, 2.75) is 78.6 Å². The number of rotatable bonds is 9. The Morgan fingerprint density at radius 2 is 1.87 bits per heavy atom. The average molecular weight is 427 g/mol. The number of aryl methyl sites for hydroxylation is 1. The molecule has 0 aliphatic carbocycles. The quantitative estimate of drug-likeness (QED) is 0.402. The largest absolute Gasteiger partial charge is 0.507 e. The summed E-state index contributed by atoms with van der Waals surface area (Å²) in [5.41, 5.74) is 2.09. The topological polar surface area (TPSA) is 108 Å². The molecule has 3 rings (SSSR count). The number of aromatic hydroxyl groups is 1. The van der Waals surface area contributed by atoms with Crippen LogP contribution in [-0.4, -0.2) is 41.4 Å². The molecular weight excluding hydrogens is 392 g/mol. The Bertz CT molecular complexity index is 1040. The lowest BCUT2D eigenvalue weighted by atomic mass is 10.0. The van der Waals surface area contributed by atoms with Crippen LogP contribution in [0.15, 0.2) is 24.5 Å². The van der Waals surface area contributed by atoms with Crippen LogP contribution in [-0.2, 0) is 6.54 Å². The van der Waals surface area contributed by atoms with Gasteiger partial charge in [0.15, 0.2) is 17.0 Å². The van der Waals surface area contributed by atoms with Gasteiger partial charge in [-0.2, -0.15) is 9.97 Å². The smallest absolute Gasteiger partial charge is 0.227 e. The van der Waals surface area contributed by atoms with Crippen LogP contribution < -0.4 is 10.6 Å². The Labute approximate surface area is 183 Å². The zero-order valence-electron chi connectivity index (χ0n) is 19.3. The van der Waals surface area contributed by atoms with Crippen LogP contribution in [0.3, 0.4) is 0 Å². The molecule has 3 aromatic rings. The van der Waals surface area contributed by atoms with Gasteiger partial charge in [-0.05, 0) is 46.1 Å². The summed E-state index contributed by atoms with van der Waals surface area (Å²) in [4.78, 5) is 14.0. The van der Waals surface area contributed by atoms with Crippen LogP contribution in [0.25, 0.3) is 11.2 Å². The van der Waals surface area contributed by atoms with Gasteiger partial charge >= 0.3 is 0 Å².